The third-order valence-corrected chi connectivity index (χ3v) is 8.22. The second kappa shape index (κ2) is 7.90. The third kappa shape index (κ3) is 3.29. The van der Waals surface area contributed by atoms with Crippen LogP contribution in [0.2, 0.25) is 0 Å². The van der Waals surface area contributed by atoms with Gasteiger partial charge in [0.25, 0.3) is 0 Å². The van der Waals surface area contributed by atoms with Crippen molar-refractivity contribution in [1.29, 1.82) is 0 Å². The highest BCUT2D eigenvalue weighted by atomic mass is 32.2. The quantitative estimate of drug-likeness (QED) is 0.302. The fraction of sp³-hybridized carbons (Fsp3) is 0.160. The maximum absolute atomic E-state index is 13.1. The summed E-state index contributed by atoms with van der Waals surface area (Å²) in [6.45, 7) is 0. The zero-order valence-electron chi connectivity index (χ0n) is 17.4. The van der Waals surface area contributed by atoms with E-state index in [0.29, 0.717) is 22.4 Å². The molecule has 0 spiro atoms. The number of thiophene rings is 1. The molecule has 8 heteroatoms. The van der Waals surface area contributed by atoms with E-state index < -0.39 is 0 Å². The normalized spacial score (nSPS) is 14.2. The Morgan fingerprint density at radius 3 is 2.61 bits per heavy atom. The molecule has 2 heterocycles. The van der Waals surface area contributed by atoms with Gasteiger partial charge in [0.15, 0.2) is 11.6 Å². The molecule has 0 unspecified atom stereocenters. The molecule has 0 aliphatic heterocycles. The Morgan fingerprint density at radius 1 is 0.970 bits per heavy atom. The Morgan fingerprint density at radius 2 is 1.76 bits per heavy atom. The second-order valence-electron chi connectivity index (χ2n) is 7.99. The van der Waals surface area contributed by atoms with Crippen molar-refractivity contribution >= 4 is 56.5 Å². The Hall–Kier alpha value is -3.36. The lowest BCUT2D eigenvalue weighted by atomic mass is 9.83. The number of anilines is 1. The lowest BCUT2D eigenvalue weighted by molar-refractivity contribution is -0.113. The summed E-state index contributed by atoms with van der Waals surface area (Å²) in [5.41, 5.74) is 3.00. The number of amides is 1. The fourth-order valence-corrected chi connectivity index (χ4v) is 6.70. The van der Waals surface area contributed by atoms with Crippen molar-refractivity contribution in [2.75, 3.05) is 11.1 Å². The number of nitrogens with one attached hydrogen (secondary N) is 1. The second-order valence-corrected chi connectivity index (χ2v) is 10.0. The van der Waals surface area contributed by atoms with Gasteiger partial charge in [-0.15, -0.1) is 11.3 Å². The predicted octanol–water partition coefficient (Wildman–Crippen LogP) is 4.69. The van der Waals surface area contributed by atoms with E-state index in [4.69, 9.17) is 0 Å². The molecule has 6 nitrogen and oxygen atoms in total. The van der Waals surface area contributed by atoms with Crippen LogP contribution in [0.3, 0.4) is 0 Å². The summed E-state index contributed by atoms with van der Waals surface area (Å²) in [6.07, 6.45) is 4.79. The van der Waals surface area contributed by atoms with E-state index in [9.17, 15) is 14.4 Å². The highest BCUT2D eigenvalue weighted by Gasteiger charge is 2.31. The molecule has 0 saturated carbocycles. The van der Waals surface area contributed by atoms with Crippen molar-refractivity contribution in [1.82, 2.24) is 9.97 Å². The minimum atomic E-state index is -0.258. The molecular formula is C25H17N3O3S2. The van der Waals surface area contributed by atoms with Crippen LogP contribution in [0.25, 0.3) is 10.2 Å². The smallest absolute Gasteiger partial charge is 0.234 e. The molecule has 162 valence electrons. The number of nitrogens with zero attached hydrogens (tertiary/aromatic N) is 2. The van der Waals surface area contributed by atoms with Gasteiger partial charge in [-0.3, -0.25) is 14.4 Å². The number of benzene rings is 2. The fourth-order valence-electron chi connectivity index (χ4n) is 4.58. The van der Waals surface area contributed by atoms with E-state index in [1.807, 2.05) is 0 Å². The van der Waals surface area contributed by atoms with Gasteiger partial charge in [-0.05, 0) is 30.9 Å². The summed E-state index contributed by atoms with van der Waals surface area (Å²) < 4.78 is 0. The van der Waals surface area contributed by atoms with Crippen LogP contribution >= 0.6 is 23.1 Å². The lowest BCUT2D eigenvalue weighted by Crippen LogP contribution is -2.24. The molecular weight excluding hydrogens is 454 g/mol. The number of carbonyl (C=O) groups excluding carboxylic acids is 3. The highest BCUT2D eigenvalue weighted by Crippen LogP contribution is 2.40. The standard InChI is InChI=1S/C25H17N3O3S2/c29-19(11-32-24-21-15-7-4-10-18(15)33-25(21)27-12-26-24)28-17-9-3-8-16-20(17)23(31)14-6-2-1-5-13(14)22(16)30/h1-3,5-6,8-9,12H,4,7,10-11H2,(H,28,29). The van der Waals surface area contributed by atoms with Gasteiger partial charge in [0.2, 0.25) is 5.91 Å². The lowest BCUT2D eigenvalue weighted by Gasteiger charge is -2.20. The van der Waals surface area contributed by atoms with E-state index in [0.717, 1.165) is 34.5 Å². The maximum atomic E-state index is 13.1. The van der Waals surface area contributed by atoms with E-state index in [2.05, 4.69) is 15.3 Å². The number of carbonyl (C=O) groups is 3. The van der Waals surface area contributed by atoms with Crippen molar-refractivity contribution in [3.8, 4) is 0 Å². The molecule has 0 fully saturated rings. The zero-order valence-corrected chi connectivity index (χ0v) is 19.0. The summed E-state index contributed by atoms with van der Waals surface area (Å²) in [6, 6.07) is 11.8. The van der Waals surface area contributed by atoms with E-state index in [1.165, 1.54) is 22.2 Å². The number of fused-ring (bicyclic) bond motifs is 5. The predicted molar refractivity (Wildman–Crippen MR) is 129 cm³/mol. The Kier molecular flexibility index (Phi) is 4.85. The third-order valence-electron chi connectivity index (χ3n) is 6.03. The van der Waals surface area contributed by atoms with Gasteiger partial charge in [-0.25, -0.2) is 9.97 Å². The van der Waals surface area contributed by atoms with Gasteiger partial charge in [0.1, 0.15) is 16.2 Å². The van der Waals surface area contributed by atoms with Crippen molar-refractivity contribution in [3.63, 3.8) is 0 Å². The van der Waals surface area contributed by atoms with Crippen molar-refractivity contribution < 1.29 is 14.4 Å². The van der Waals surface area contributed by atoms with E-state index >= 15 is 0 Å². The van der Waals surface area contributed by atoms with Crippen molar-refractivity contribution in [3.05, 3.63) is 81.5 Å². The number of hydrogen-bond donors (Lipinski definition) is 1. The van der Waals surface area contributed by atoms with E-state index in [-0.39, 0.29) is 28.8 Å². The van der Waals surface area contributed by atoms with Crippen LogP contribution in [-0.4, -0.2) is 33.2 Å². The molecule has 2 aromatic heterocycles. The molecule has 4 aromatic rings. The van der Waals surface area contributed by atoms with Gasteiger partial charge in [0, 0.05) is 27.0 Å². The molecule has 0 bridgehead atoms. The van der Waals surface area contributed by atoms with Gasteiger partial charge < -0.3 is 5.32 Å². The van der Waals surface area contributed by atoms with Crippen LogP contribution in [0.4, 0.5) is 5.69 Å². The summed E-state index contributed by atoms with van der Waals surface area (Å²) in [4.78, 5) is 50.1. The number of aromatic nitrogens is 2. The Balaban J connectivity index is 1.26. The molecule has 0 atom stereocenters. The number of hydrogen-bond acceptors (Lipinski definition) is 7. The van der Waals surface area contributed by atoms with Crippen LogP contribution in [0, 0.1) is 0 Å². The molecule has 0 saturated heterocycles. The topological polar surface area (TPSA) is 89.0 Å². The largest absolute Gasteiger partial charge is 0.325 e. The summed E-state index contributed by atoms with van der Waals surface area (Å²) in [5, 5.41) is 4.72. The summed E-state index contributed by atoms with van der Waals surface area (Å²) in [5.74, 6) is -0.583. The van der Waals surface area contributed by atoms with Gasteiger partial charge in [-0.2, -0.15) is 0 Å². The molecule has 2 aliphatic carbocycles. The first-order chi connectivity index (χ1) is 16.1. The van der Waals surface area contributed by atoms with Gasteiger partial charge >= 0.3 is 0 Å². The molecule has 0 radical (unpaired) electrons. The number of aryl methyl sites for hydroxylation is 2. The molecule has 1 amide bonds. The first-order valence-corrected chi connectivity index (χ1v) is 12.4. The molecule has 6 rings (SSSR count). The molecule has 2 aromatic carbocycles. The Bertz CT molecular complexity index is 1490. The minimum absolute atomic E-state index is 0.138. The number of ketones is 2. The van der Waals surface area contributed by atoms with Crippen LogP contribution in [-0.2, 0) is 17.6 Å². The summed E-state index contributed by atoms with van der Waals surface area (Å²) >= 11 is 3.08. The van der Waals surface area contributed by atoms with Crippen molar-refractivity contribution in [2.24, 2.45) is 0 Å². The number of rotatable bonds is 4. The zero-order chi connectivity index (χ0) is 22.5. The SMILES string of the molecule is O=C(CSc1ncnc2sc3c(c12)CCC3)Nc1cccc2c1C(=O)c1ccccc1C2=O. The van der Waals surface area contributed by atoms with Crippen LogP contribution in [0.15, 0.2) is 53.8 Å². The monoisotopic (exact) mass is 471 g/mol. The van der Waals surface area contributed by atoms with Gasteiger partial charge in [0.05, 0.1) is 17.0 Å². The Labute approximate surface area is 197 Å². The first kappa shape index (κ1) is 20.3. The highest BCUT2D eigenvalue weighted by molar-refractivity contribution is 8.00. The van der Waals surface area contributed by atoms with Gasteiger partial charge in [-0.1, -0.05) is 48.2 Å². The van der Waals surface area contributed by atoms with Crippen LogP contribution in [0.5, 0.6) is 0 Å². The average Bonchev–Trinajstić information content (AvgIpc) is 3.42. The van der Waals surface area contributed by atoms with Crippen molar-refractivity contribution in [2.45, 2.75) is 24.3 Å². The van der Waals surface area contributed by atoms with Crippen LogP contribution < -0.4 is 5.32 Å². The molecule has 1 N–H and O–H groups in total. The van der Waals surface area contributed by atoms with Crippen LogP contribution in [0.1, 0.15) is 48.7 Å². The maximum Gasteiger partial charge on any atom is 0.234 e. The van der Waals surface area contributed by atoms with E-state index in [1.54, 1.807) is 60.1 Å². The molecule has 2 aliphatic rings. The summed E-state index contributed by atoms with van der Waals surface area (Å²) in [7, 11) is 0. The number of thioether (sulfide) groups is 1. The molecule has 33 heavy (non-hydrogen) atoms. The minimum Gasteiger partial charge on any atom is -0.325 e. The first-order valence-electron chi connectivity index (χ1n) is 10.6. The average molecular weight is 472 g/mol.